The molecule has 23 heavy (non-hydrogen) atoms. The molecule has 0 unspecified atom stereocenters. The Bertz CT molecular complexity index is 700. The van der Waals surface area contributed by atoms with Gasteiger partial charge in [0, 0.05) is 18.4 Å². The highest BCUT2D eigenvalue weighted by molar-refractivity contribution is 6.05. The summed E-state index contributed by atoms with van der Waals surface area (Å²) in [5, 5.41) is 2.74. The molecule has 2 amide bonds. The predicted molar refractivity (Wildman–Crippen MR) is 87.8 cm³/mol. The van der Waals surface area contributed by atoms with E-state index in [0.717, 1.165) is 24.2 Å². The van der Waals surface area contributed by atoms with E-state index in [1.165, 1.54) is 5.56 Å². The summed E-state index contributed by atoms with van der Waals surface area (Å²) >= 11 is 0. The molecule has 1 aliphatic heterocycles. The van der Waals surface area contributed by atoms with Crippen molar-refractivity contribution in [2.45, 2.75) is 25.8 Å². The van der Waals surface area contributed by atoms with E-state index in [-0.39, 0.29) is 18.2 Å². The monoisotopic (exact) mass is 309 g/mol. The maximum absolute atomic E-state index is 12.4. The number of nitrogens with one attached hydrogen (secondary N) is 1. The molecule has 5 heteroatoms. The van der Waals surface area contributed by atoms with Crippen molar-refractivity contribution in [3.05, 3.63) is 59.9 Å². The summed E-state index contributed by atoms with van der Waals surface area (Å²) in [5.41, 5.74) is 2.87. The average Bonchev–Trinajstić information content (AvgIpc) is 2.60. The van der Waals surface area contributed by atoms with E-state index in [1.807, 2.05) is 42.5 Å². The number of anilines is 1. The molecule has 2 heterocycles. The molecule has 1 N–H and O–H groups in total. The number of pyridine rings is 1. The standard InChI is InChI=1S/C18H19N3O2/c22-17(20-13-15-8-3-4-10-19-15)12-18(23)21-11-5-7-14-6-1-2-9-16(14)21/h1-4,6,8-10H,5,7,11-13H2,(H,20,22). The summed E-state index contributed by atoms with van der Waals surface area (Å²) in [7, 11) is 0. The molecule has 0 radical (unpaired) electrons. The zero-order chi connectivity index (χ0) is 16.1. The van der Waals surface area contributed by atoms with Crippen LogP contribution < -0.4 is 10.2 Å². The summed E-state index contributed by atoms with van der Waals surface area (Å²) < 4.78 is 0. The second-order valence-corrected chi connectivity index (χ2v) is 5.55. The molecule has 0 saturated heterocycles. The summed E-state index contributed by atoms with van der Waals surface area (Å²) in [4.78, 5) is 30.3. The van der Waals surface area contributed by atoms with Crippen LogP contribution in [0.25, 0.3) is 0 Å². The summed E-state index contributed by atoms with van der Waals surface area (Å²) in [6.45, 7) is 1.01. The summed E-state index contributed by atoms with van der Waals surface area (Å²) in [6.07, 6.45) is 3.45. The van der Waals surface area contributed by atoms with E-state index in [4.69, 9.17) is 0 Å². The minimum Gasteiger partial charge on any atom is -0.350 e. The number of carbonyl (C=O) groups is 2. The van der Waals surface area contributed by atoms with E-state index in [9.17, 15) is 9.59 Å². The number of nitrogens with zero attached hydrogens (tertiary/aromatic N) is 2. The quantitative estimate of drug-likeness (QED) is 0.880. The van der Waals surface area contributed by atoms with Gasteiger partial charge in [-0.3, -0.25) is 14.6 Å². The van der Waals surface area contributed by atoms with Gasteiger partial charge in [0.25, 0.3) is 0 Å². The number of rotatable bonds is 4. The van der Waals surface area contributed by atoms with Crippen LogP contribution in [0.1, 0.15) is 24.1 Å². The second-order valence-electron chi connectivity index (χ2n) is 5.55. The van der Waals surface area contributed by atoms with Gasteiger partial charge in [0.1, 0.15) is 6.42 Å². The Labute approximate surface area is 135 Å². The first-order valence-corrected chi connectivity index (χ1v) is 7.79. The molecule has 0 saturated carbocycles. The van der Waals surface area contributed by atoms with Gasteiger partial charge in [-0.1, -0.05) is 24.3 Å². The molecule has 1 aliphatic rings. The van der Waals surface area contributed by atoms with E-state index in [1.54, 1.807) is 11.1 Å². The fraction of sp³-hybridized carbons (Fsp3) is 0.278. The lowest BCUT2D eigenvalue weighted by atomic mass is 10.0. The molecule has 1 aromatic heterocycles. The van der Waals surface area contributed by atoms with Crippen LogP contribution in [-0.2, 0) is 22.6 Å². The third-order valence-electron chi connectivity index (χ3n) is 3.92. The van der Waals surface area contributed by atoms with Gasteiger partial charge in [0.05, 0.1) is 12.2 Å². The van der Waals surface area contributed by atoms with Crippen molar-refractivity contribution in [2.24, 2.45) is 0 Å². The van der Waals surface area contributed by atoms with Crippen molar-refractivity contribution in [2.75, 3.05) is 11.4 Å². The number of amides is 2. The Morgan fingerprint density at radius 3 is 2.78 bits per heavy atom. The first kappa shape index (κ1) is 15.2. The van der Waals surface area contributed by atoms with Crippen LogP contribution in [0.5, 0.6) is 0 Å². The maximum Gasteiger partial charge on any atom is 0.236 e. The summed E-state index contributed by atoms with van der Waals surface area (Å²) in [6, 6.07) is 13.4. The van der Waals surface area contributed by atoms with Gasteiger partial charge in [0.2, 0.25) is 11.8 Å². The number of carbonyl (C=O) groups excluding carboxylic acids is 2. The van der Waals surface area contributed by atoms with Gasteiger partial charge in [-0.15, -0.1) is 0 Å². The van der Waals surface area contributed by atoms with Crippen molar-refractivity contribution in [1.29, 1.82) is 0 Å². The Morgan fingerprint density at radius 1 is 1.13 bits per heavy atom. The fourth-order valence-corrected chi connectivity index (χ4v) is 2.78. The molecule has 2 aromatic rings. The normalized spacial score (nSPS) is 13.3. The molecule has 3 rings (SSSR count). The molecule has 118 valence electrons. The Hall–Kier alpha value is -2.69. The van der Waals surface area contributed by atoms with Gasteiger partial charge in [-0.2, -0.15) is 0 Å². The third-order valence-corrected chi connectivity index (χ3v) is 3.92. The first-order valence-electron chi connectivity index (χ1n) is 7.79. The highest BCUT2D eigenvalue weighted by Gasteiger charge is 2.23. The lowest BCUT2D eigenvalue weighted by molar-refractivity contribution is -0.128. The van der Waals surface area contributed by atoms with E-state index in [2.05, 4.69) is 10.3 Å². The largest absolute Gasteiger partial charge is 0.350 e. The van der Waals surface area contributed by atoms with Crippen LogP contribution in [0.15, 0.2) is 48.7 Å². The van der Waals surface area contributed by atoms with Crippen molar-refractivity contribution in [3.8, 4) is 0 Å². The average molecular weight is 309 g/mol. The van der Waals surface area contributed by atoms with Crippen LogP contribution in [0.2, 0.25) is 0 Å². The van der Waals surface area contributed by atoms with Crippen LogP contribution in [0, 0.1) is 0 Å². The number of benzene rings is 1. The third kappa shape index (κ3) is 3.74. The molecule has 0 atom stereocenters. The number of fused-ring (bicyclic) bond motifs is 1. The highest BCUT2D eigenvalue weighted by atomic mass is 16.2. The summed E-state index contributed by atoms with van der Waals surface area (Å²) in [5.74, 6) is -0.431. The van der Waals surface area contributed by atoms with Gasteiger partial charge in [0.15, 0.2) is 0 Å². The van der Waals surface area contributed by atoms with Gasteiger partial charge in [-0.25, -0.2) is 0 Å². The number of hydrogen-bond donors (Lipinski definition) is 1. The zero-order valence-corrected chi connectivity index (χ0v) is 12.9. The maximum atomic E-state index is 12.4. The number of hydrogen-bond acceptors (Lipinski definition) is 3. The fourth-order valence-electron chi connectivity index (χ4n) is 2.78. The molecule has 5 nitrogen and oxygen atoms in total. The second kappa shape index (κ2) is 7.05. The van der Waals surface area contributed by atoms with Crippen LogP contribution in [0.4, 0.5) is 5.69 Å². The minimum absolute atomic E-state index is 0.138. The number of aryl methyl sites for hydroxylation is 1. The smallest absolute Gasteiger partial charge is 0.236 e. The molecule has 0 spiro atoms. The Kier molecular flexibility index (Phi) is 4.66. The molecule has 1 aromatic carbocycles. The van der Waals surface area contributed by atoms with Crippen molar-refractivity contribution >= 4 is 17.5 Å². The molecular weight excluding hydrogens is 290 g/mol. The molecule has 0 fully saturated rings. The molecule has 0 bridgehead atoms. The SMILES string of the molecule is O=C(CC(=O)N1CCCc2ccccc21)NCc1ccccn1. The van der Waals surface area contributed by atoms with E-state index in [0.29, 0.717) is 13.1 Å². The van der Waals surface area contributed by atoms with Crippen LogP contribution in [0.3, 0.4) is 0 Å². The van der Waals surface area contributed by atoms with Gasteiger partial charge >= 0.3 is 0 Å². The number of aromatic nitrogens is 1. The molecule has 0 aliphatic carbocycles. The highest BCUT2D eigenvalue weighted by Crippen LogP contribution is 2.27. The van der Waals surface area contributed by atoms with Crippen molar-refractivity contribution < 1.29 is 9.59 Å². The Balaban J connectivity index is 1.58. The lowest BCUT2D eigenvalue weighted by Gasteiger charge is -2.29. The zero-order valence-electron chi connectivity index (χ0n) is 12.9. The predicted octanol–water partition coefficient (Wildman–Crippen LogP) is 2.07. The van der Waals surface area contributed by atoms with Gasteiger partial charge in [-0.05, 0) is 36.6 Å². The number of para-hydroxylation sites is 1. The van der Waals surface area contributed by atoms with E-state index < -0.39 is 0 Å². The lowest BCUT2D eigenvalue weighted by Crippen LogP contribution is -2.38. The van der Waals surface area contributed by atoms with Gasteiger partial charge < -0.3 is 10.2 Å². The first-order chi connectivity index (χ1) is 11.2. The minimum atomic E-state index is -0.274. The van der Waals surface area contributed by atoms with Crippen LogP contribution >= 0.6 is 0 Å². The van der Waals surface area contributed by atoms with Crippen molar-refractivity contribution in [3.63, 3.8) is 0 Å². The van der Waals surface area contributed by atoms with E-state index >= 15 is 0 Å². The Morgan fingerprint density at radius 2 is 1.96 bits per heavy atom. The topological polar surface area (TPSA) is 62.3 Å². The van der Waals surface area contributed by atoms with Crippen LogP contribution in [-0.4, -0.2) is 23.3 Å². The molecular formula is C18H19N3O2. The van der Waals surface area contributed by atoms with Crippen molar-refractivity contribution in [1.82, 2.24) is 10.3 Å².